The molecule has 0 fully saturated rings. The van der Waals surface area contributed by atoms with Crippen molar-refractivity contribution in [1.82, 2.24) is 4.98 Å². The van der Waals surface area contributed by atoms with Crippen molar-refractivity contribution in [2.24, 2.45) is 0 Å². The minimum atomic E-state index is -3.87. The second-order valence-electron chi connectivity index (χ2n) is 5.10. The number of aromatic nitrogens is 1. The van der Waals surface area contributed by atoms with E-state index in [9.17, 15) is 13.5 Å². The van der Waals surface area contributed by atoms with Crippen LogP contribution in [0.2, 0.25) is 5.02 Å². The number of aryl methyl sites for hydroxylation is 1. The number of nitrogens with zero attached hydrogens (tertiary/aromatic N) is 1. The number of pyridine rings is 1. The van der Waals surface area contributed by atoms with Gasteiger partial charge < -0.3 is 5.11 Å². The summed E-state index contributed by atoms with van der Waals surface area (Å²) in [6, 6.07) is 11.2. The molecule has 0 aliphatic carbocycles. The Morgan fingerprint density at radius 2 is 1.83 bits per heavy atom. The fourth-order valence-electron chi connectivity index (χ4n) is 2.47. The molecule has 1 aromatic heterocycles. The molecule has 0 amide bonds. The molecule has 6 heteroatoms. The van der Waals surface area contributed by atoms with Crippen LogP contribution < -0.4 is 0 Å². The monoisotopic (exact) mass is 347 g/mol. The summed E-state index contributed by atoms with van der Waals surface area (Å²) in [5.74, 6) is -0.278. The maximum Gasteiger partial charge on any atom is 0.211 e. The first-order chi connectivity index (χ1) is 10.9. The lowest BCUT2D eigenvalue weighted by Gasteiger charge is -2.10. The number of rotatable bonds is 3. The lowest BCUT2D eigenvalue weighted by Crippen LogP contribution is -2.03. The molecular weight excluding hydrogens is 334 g/mol. The van der Waals surface area contributed by atoms with Crippen molar-refractivity contribution >= 4 is 32.3 Å². The molecule has 0 bridgehead atoms. The van der Waals surface area contributed by atoms with Crippen LogP contribution in [-0.2, 0) is 16.3 Å². The summed E-state index contributed by atoms with van der Waals surface area (Å²) >= 11 is 5.79. The molecule has 0 saturated carbocycles. The second-order valence-corrected chi connectivity index (χ2v) is 7.45. The Bertz CT molecular complexity index is 983. The number of hydrogen-bond acceptors (Lipinski definition) is 4. The van der Waals surface area contributed by atoms with Gasteiger partial charge in [0.05, 0.1) is 16.6 Å². The average Bonchev–Trinajstić information content (AvgIpc) is 2.55. The van der Waals surface area contributed by atoms with E-state index in [4.69, 9.17) is 11.6 Å². The number of hydrogen-bond donors (Lipinski definition) is 1. The Hall–Kier alpha value is -2.11. The zero-order valence-electron chi connectivity index (χ0n) is 12.3. The van der Waals surface area contributed by atoms with Crippen molar-refractivity contribution in [1.29, 1.82) is 0 Å². The second kappa shape index (κ2) is 5.83. The number of aromatic hydroxyl groups is 1. The Morgan fingerprint density at radius 1 is 1.13 bits per heavy atom. The third-order valence-corrected chi connectivity index (χ3v) is 5.74. The van der Waals surface area contributed by atoms with Gasteiger partial charge in [0.15, 0.2) is 0 Å². The maximum atomic E-state index is 12.7. The average molecular weight is 348 g/mol. The van der Waals surface area contributed by atoms with E-state index in [1.165, 1.54) is 30.5 Å². The molecule has 0 saturated heterocycles. The molecule has 0 aliphatic rings. The van der Waals surface area contributed by atoms with Gasteiger partial charge in [-0.3, -0.25) is 4.98 Å². The van der Waals surface area contributed by atoms with E-state index in [0.717, 1.165) is 12.0 Å². The van der Waals surface area contributed by atoms with Crippen molar-refractivity contribution in [3.05, 3.63) is 59.2 Å². The highest BCUT2D eigenvalue weighted by atomic mass is 35.5. The molecule has 1 heterocycles. The molecule has 2 aromatic carbocycles. The fourth-order valence-corrected chi connectivity index (χ4v) is 3.90. The smallest absolute Gasteiger partial charge is 0.211 e. The van der Waals surface area contributed by atoms with E-state index in [2.05, 4.69) is 4.98 Å². The molecule has 0 aliphatic heterocycles. The summed E-state index contributed by atoms with van der Waals surface area (Å²) in [6.45, 7) is 1.98. The third kappa shape index (κ3) is 2.66. The minimum absolute atomic E-state index is 0.0602. The molecule has 0 radical (unpaired) electrons. The van der Waals surface area contributed by atoms with E-state index in [-0.39, 0.29) is 15.5 Å². The van der Waals surface area contributed by atoms with Crippen molar-refractivity contribution in [3.63, 3.8) is 0 Å². The first-order valence-corrected chi connectivity index (χ1v) is 8.91. The fraction of sp³-hybridized carbons (Fsp3) is 0.118. The van der Waals surface area contributed by atoms with Crippen molar-refractivity contribution < 1.29 is 13.5 Å². The predicted octanol–water partition coefficient (Wildman–Crippen LogP) is 3.99. The molecule has 3 rings (SSSR count). The molecule has 23 heavy (non-hydrogen) atoms. The van der Waals surface area contributed by atoms with Gasteiger partial charge in [-0.1, -0.05) is 30.7 Å². The third-order valence-electron chi connectivity index (χ3n) is 3.71. The zero-order valence-corrected chi connectivity index (χ0v) is 13.9. The van der Waals surface area contributed by atoms with Crippen LogP contribution in [0, 0.1) is 0 Å². The van der Waals surface area contributed by atoms with Gasteiger partial charge in [0, 0.05) is 10.4 Å². The quantitative estimate of drug-likeness (QED) is 0.777. The molecule has 0 atom stereocenters. The van der Waals surface area contributed by atoms with Crippen LogP contribution in [0.25, 0.3) is 10.9 Å². The van der Waals surface area contributed by atoms with Crippen LogP contribution in [0.3, 0.4) is 0 Å². The molecule has 1 N–H and O–H groups in total. The summed E-state index contributed by atoms with van der Waals surface area (Å²) in [7, 11) is -3.87. The number of sulfone groups is 1. The van der Waals surface area contributed by atoms with E-state index in [1.807, 2.05) is 13.0 Å². The van der Waals surface area contributed by atoms with E-state index in [1.54, 1.807) is 12.1 Å². The maximum absolute atomic E-state index is 12.7. The molecule has 4 nitrogen and oxygen atoms in total. The largest absolute Gasteiger partial charge is 0.506 e. The van der Waals surface area contributed by atoms with Crippen LogP contribution >= 0.6 is 11.6 Å². The molecule has 118 valence electrons. The van der Waals surface area contributed by atoms with Gasteiger partial charge in [-0.25, -0.2) is 8.42 Å². The van der Waals surface area contributed by atoms with E-state index >= 15 is 0 Å². The van der Waals surface area contributed by atoms with Gasteiger partial charge in [-0.05, 0) is 42.3 Å². The van der Waals surface area contributed by atoms with Crippen LogP contribution in [0.1, 0.15) is 12.5 Å². The Balaban J connectivity index is 2.24. The van der Waals surface area contributed by atoms with Crippen LogP contribution in [-0.4, -0.2) is 18.5 Å². The van der Waals surface area contributed by atoms with Gasteiger partial charge in [-0.2, -0.15) is 0 Å². The number of benzene rings is 2. The number of halogens is 1. The molecule has 3 aromatic rings. The summed E-state index contributed by atoms with van der Waals surface area (Å²) in [5, 5.41) is 11.3. The summed E-state index contributed by atoms with van der Waals surface area (Å²) < 4.78 is 25.4. The number of para-hydroxylation sites is 1. The van der Waals surface area contributed by atoms with Gasteiger partial charge in [0.25, 0.3) is 0 Å². The van der Waals surface area contributed by atoms with Gasteiger partial charge in [0.2, 0.25) is 9.84 Å². The van der Waals surface area contributed by atoms with Crippen LogP contribution in [0.4, 0.5) is 0 Å². The zero-order chi connectivity index (χ0) is 16.6. The summed E-state index contributed by atoms with van der Waals surface area (Å²) in [5.41, 5.74) is 1.57. The molecule has 0 spiro atoms. The van der Waals surface area contributed by atoms with Gasteiger partial charge in [-0.15, -0.1) is 0 Å². The van der Waals surface area contributed by atoms with E-state index in [0.29, 0.717) is 15.9 Å². The Labute approximate surface area is 139 Å². The van der Waals surface area contributed by atoms with Crippen molar-refractivity contribution in [3.8, 4) is 5.75 Å². The predicted molar refractivity (Wildman–Crippen MR) is 89.7 cm³/mol. The SMILES string of the molecule is CCc1cccc2c(O)c(S(=O)(=O)c3ccc(Cl)cc3)cnc12. The Morgan fingerprint density at radius 3 is 2.48 bits per heavy atom. The topological polar surface area (TPSA) is 67.3 Å². The van der Waals surface area contributed by atoms with Gasteiger partial charge in [0.1, 0.15) is 10.6 Å². The van der Waals surface area contributed by atoms with Crippen molar-refractivity contribution in [2.75, 3.05) is 0 Å². The highest BCUT2D eigenvalue weighted by Crippen LogP contribution is 2.35. The Kier molecular flexibility index (Phi) is 4.00. The first-order valence-electron chi connectivity index (χ1n) is 7.05. The lowest BCUT2D eigenvalue weighted by atomic mass is 10.1. The number of fused-ring (bicyclic) bond motifs is 1. The van der Waals surface area contributed by atoms with Crippen molar-refractivity contribution in [2.45, 2.75) is 23.1 Å². The first kappa shape index (κ1) is 15.8. The highest BCUT2D eigenvalue weighted by molar-refractivity contribution is 7.91. The van der Waals surface area contributed by atoms with Crippen LogP contribution in [0.15, 0.2) is 58.5 Å². The standard InChI is InChI=1S/C17H14ClNO3S/c1-2-11-4-3-5-14-16(11)19-10-15(17(14)20)23(21,22)13-8-6-12(18)7-9-13/h3-10H,2H2,1H3,(H,19,20). The molecular formula is C17H14ClNO3S. The lowest BCUT2D eigenvalue weighted by molar-refractivity contribution is 0.464. The normalized spacial score (nSPS) is 11.7. The summed E-state index contributed by atoms with van der Waals surface area (Å²) in [6.07, 6.45) is 1.95. The summed E-state index contributed by atoms with van der Waals surface area (Å²) in [4.78, 5) is 4.11. The highest BCUT2D eigenvalue weighted by Gasteiger charge is 2.24. The molecule has 0 unspecified atom stereocenters. The van der Waals surface area contributed by atoms with Gasteiger partial charge >= 0.3 is 0 Å². The minimum Gasteiger partial charge on any atom is -0.506 e. The van der Waals surface area contributed by atoms with E-state index < -0.39 is 9.84 Å². The van der Waals surface area contributed by atoms with Crippen LogP contribution in [0.5, 0.6) is 5.75 Å².